The second-order valence-corrected chi connectivity index (χ2v) is 4.15. The molecule has 1 aromatic heterocycles. The standard InChI is InChI=1S/C15H16N2O/c1-3-14-9-13(7-8-16-14)12-5-4-6-15(10-12)17-11(2)18/h4-10H,3H2,1-2H3,(H,17,18). The van der Waals surface area contributed by atoms with Crippen molar-refractivity contribution in [3.8, 4) is 11.1 Å². The molecule has 0 atom stereocenters. The van der Waals surface area contributed by atoms with Gasteiger partial charge < -0.3 is 5.32 Å². The maximum absolute atomic E-state index is 11.0. The summed E-state index contributed by atoms with van der Waals surface area (Å²) in [5.74, 6) is -0.0591. The van der Waals surface area contributed by atoms with Crippen LogP contribution in [0.4, 0.5) is 5.69 Å². The van der Waals surface area contributed by atoms with E-state index >= 15 is 0 Å². The van der Waals surface area contributed by atoms with Gasteiger partial charge in [-0.15, -0.1) is 0 Å². The first-order valence-electron chi connectivity index (χ1n) is 6.02. The molecule has 0 saturated carbocycles. The summed E-state index contributed by atoms with van der Waals surface area (Å²) in [6.07, 6.45) is 2.73. The maximum Gasteiger partial charge on any atom is 0.221 e. The molecule has 0 bridgehead atoms. The van der Waals surface area contributed by atoms with Crippen molar-refractivity contribution < 1.29 is 4.79 Å². The number of aromatic nitrogens is 1. The SMILES string of the molecule is CCc1cc(-c2cccc(NC(C)=O)c2)ccn1. The van der Waals surface area contributed by atoms with Gasteiger partial charge in [0.25, 0.3) is 0 Å². The number of nitrogens with zero attached hydrogens (tertiary/aromatic N) is 1. The smallest absolute Gasteiger partial charge is 0.221 e. The van der Waals surface area contributed by atoms with Crippen LogP contribution in [0.2, 0.25) is 0 Å². The molecule has 18 heavy (non-hydrogen) atoms. The van der Waals surface area contributed by atoms with Gasteiger partial charge in [-0.05, 0) is 41.8 Å². The molecule has 2 aromatic rings. The van der Waals surface area contributed by atoms with Crippen molar-refractivity contribution in [3.05, 3.63) is 48.3 Å². The molecule has 92 valence electrons. The van der Waals surface area contributed by atoms with E-state index < -0.39 is 0 Å². The van der Waals surface area contributed by atoms with Gasteiger partial charge in [0.15, 0.2) is 0 Å². The highest BCUT2D eigenvalue weighted by molar-refractivity contribution is 5.89. The van der Waals surface area contributed by atoms with Crippen molar-refractivity contribution in [1.29, 1.82) is 0 Å². The lowest BCUT2D eigenvalue weighted by Gasteiger charge is -2.07. The second kappa shape index (κ2) is 5.45. The van der Waals surface area contributed by atoms with Gasteiger partial charge in [0, 0.05) is 24.5 Å². The van der Waals surface area contributed by atoms with E-state index in [0.29, 0.717) is 0 Å². The van der Waals surface area contributed by atoms with E-state index in [2.05, 4.69) is 23.3 Å². The highest BCUT2D eigenvalue weighted by atomic mass is 16.1. The van der Waals surface area contributed by atoms with Crippen molar-refractivity contribution in [2.24, 2.45) is 0 Å². The summed E-state index contributed by atoms with van der Waals surface area (Å²) in [6.45, 7) is 3.59. The molecule has 0 fully saturated rings. The molecule has 1 amide bonds. The van der Waals surface area contributed by atoms with E-state index in [1.807, 2.05) is 36.5 Å². The molecule has 1 aromatic carbocycles. The molecule has 1 N–H and O–H groups in total. The Balaban J connectivity index is 2.34. The predicted octanol–water partition coefficient (Wildman–Crippen LogP) is 3.27. The summed E-state index contributed by atoms with van der Waals surface area (Å²) in [5, 5.41) is 2.79. The summed E-state index contributed by atoms with van der Waals surface area (Å²) >= 11 is 0. The highest BCUT2D eigenvalue weighted by Gasteiger charge is 2.01. The summed E-state index contributed by atoms with van der Waals surface area (Å²) in [6, 6.07) is 11.9. The summed E-state index contributed by atoms with van der Waals surface area (Å²) in [5.41, 5.74) is 4.08. The Kier molecular flexibility index (Phi) is 3.72. The minimum atomic E-state index is -0.0591. The third kappa shape index (κ3) is 2.94. The van der Waals surface area contributed by atoms with E-state index in [4.69, 9.17) is 0 Å². The lowest BCUT2D eigenvalue weighted by Crippen LogP contribution is -2.05. The fourth-order valence-corrected chi connectivity index (χ4v) is 1.83. The third-order valence-corrected chi connectivity index (χ3v) is 2.70. The van der Waals surface area contributed by atoms with Gasteiger partial charge in [-0.3, -0.25) is 9.78 Å². The molecular formula is C15H16N2O. The molecule has 3 nitrogen and oxygen atoms in total. The van der Waals surface area contributed by atoms with Crippen LogP contribution in [-0.4, -0.2) is 10.9 Å². The molecular weight excluding hydrogens is 224 g/mol. The van der Waals surface area contributed by atoms with E-state index in [9.17, 15) is 4.79 Å². The van der Waals surface area contributed by atoms with Crippen molar-refractivity contribution in [3.63, 3.8) is 0 Å². The second-order valence-electron chi connectivity index (χ2n) is 4.15. The number of hydrogen-bond donors (Lipinski definition) is 1. The van der Waals surface area contributed by atoms with Crippen LogP contribution in [0.3, 0.4) is 0 Å². The molecule has 0 aliphatic heterocycles. The molecule has 3 heteroatoms. The Labute approximate surface area is 107 Å². The first-order valence-corrected chi connectivity index (χ1v) is 6.02. The largest absolute Gasteiger partial charge is 0.326 e. The van der Waals surface area contributed by atoms with Gasteiger partial charge in [-0.25, -0.2) is 0 Å². The average molecular weight is 240 g/mol. The van der Waals surface area contributed by atoms with Gasteiger partial charge in [0.05, 0.1) is 0 Å². The van der Waals surface area contributed by atoms with Crippen molar-refractivity contribution in [1.82, 2.24) is 4.98 Å². The molecule has 0 saturated heterocycles. The van der Waals surface area contributed by atoms with E-state index in [1.54, 1.807) is 0 Å². The average Bonchev–Trinajstić information content (AvgIpc) is 2.38. The normalized spacial score (nSPS) is 10.1. The lowest BCUT2D eigenvalue weighted by atomic mass is 10.0. The number of pyridine rings is 1. The summed E-state index contributed by atoms with van der Waals surface area (Å²) in [7, 11) is 0. The predicted molar refractivity (Wildman–Crippen MR) is 73.4 cm³/mol. The number of carbonyl (C=O) groups excluding carboxylic acids is 1. The minimum Gasteiger partial charge on any atom is -0.326 e. The number of hydrogen-bond acceptors (Lipinski definition) is 2. The van der Waals surface area contributed by atoms with Crippen LogP contribution in [0.15, 0.2) is 42.6 Å². The topological polar surface area (TPSA) is 42.0 Å². The molecule has 0 aliphatic carbocycles. The zero-order chi connectivity index (χ0) is 13.0. The molecule has 0 radical (unpaired) electrons. The first kappa shape index (κ1) is 12.3. The number of carbonyl (C=O) groups is 1. The van der Waals surface area contributed by atoms with Crippen LogP contribution >= 0.6 is 0 Å². The third-order valence-electron chi connectivity index (χ3n) is 2.70. The van der Waals surface area contributed by atoms with E-state index in [-0.39, 0.29) is 5.91 Å². The monoisotopic (exact) mass is 240 g/mol. The Morgan fingerprint density at radius 3 is 2.72 bits per heavy atom. The minimum absolute atomic E-state index is 0.0591. The molecule has 0 unspecified atom stereocenters. The van der Waals surface area contributed by atoms with Crippen LogP contribution in [0.25, 0.3) is 11.1 Å². The van der Waals surface area contributed by atoms with Crippen LogP contribution < -0.4 is 5.32 Å². The highest BCUT2D eigenvalue weighted by Crippen LogP contribution is 2.22. The summed E-state index contributed by atoms with van der Waals surface area (Å²) in [4.78, 5) is 15.3. The molecule has 2 rings (SSSR count). The molecule has 1 heterocycles. The summed E-state index contributed by atoms with van der Waals surface area (Å²) < 4.78 is 0. The maximum atomic E-state index is 11.0. The lowest BCUT2D eigenvalue weighted by molar-refractivity contribution is -0.114. The fourth-order valence-electron chi connectivity index (χ4n) is 1.83. The molecule has 0 spiro atoms. The zero-order valence-electron chi connectivity index (χ0n) is 10.6. The number of rotatable bonds is 3. The Morgan fingerprint density at radius 2 is 2.00 bits per heavy atom. The number of amides is 1. The van der Waals surface area contributed by atoms with Gasteiger partial charge >= 0.3 is 0 Å². The zero-order valence-corrected chi connectivity index (χ0v) is 10.6. The Morgan fingerprint density at radius 1 is 1.22 bits per heavy atom. The van der Waals surface area contributed by atoms with Crippen LogP contribution in [-0.2, 0) is 11.2 Å². The van der Waals surface area contributed by atoms with Gasteiger partial charge in [-0.1, -0.05) is 19.1 Å². The molecule has 0 aliphatic rings. The number of anilines is 1. The van der Waals surface area contributed by atoms with Crippen molar-refractivity contribution in [2.45, 2.75) is 20.3 Å². The first-order chi connectivity index (χ1) is 8.69. The van der Waals surface area contributed by atoms with Crippen molar-refractivity contribution >= 4 is 11.6 Å². The van der Waals surface area contributed by atoms with Crippen molar-refractivity contribution in [2.75, 3.05) is 5.32 Å². The number of nitrogens with one attached hydrogen (secondary N) is 1. The van der Waals surface area contributed by atoms with E-state index in [0.717, 1.165) is 28.9 Å². The van der Waals surface area contributed by atoms with Crippen LogP contribution in [0.1, 0.15) is 19.5 Å². The van der Waals surface area contributed by atoms with Gasteiger partial charge in [0.1, 0.15) is 0 Å². The Bertz CT molecular complexity index is 564. The van der Waals surface area contributed by atoms with Crippen LogP contribution in [0, 0.1) is 0 Å². The quantitative estimate of drug-likeness (QED) is 0.894. The van der Waals surface area contributed by atoms with Gasteiger partial charge in [0.2, 0.25) is 5.91 Å². The number of aryl methyl sites for hydroxylation is 1. The number of benzene rings is 1. The Hall–Kier alpha value is -2.16. The van der Waals surface area contributed by atoms with Crippen LogP contribution in [0.5, 0.6) is 0 Å². The van der Waals surface area contributed by atoms with E-state index in [1.165, 1.54) is 6.92 Å². The fraction of sp³-hybridized carbons (Fsp3) is 0.200. The van der Waals surface area contributed by atoms with Gasteiger partial charge in [-0.2, -0.15) is 0 Å².